The smallest absolute Gasteiger partial charge is 0.399 e. The van der Waals surface area contributed by atoms with E-state index in [9.17, 15) is 4.79 Å². The minimum absolute atomic E-state index is 0.135. The van der Waals surface area contributed by atoms with Crippen molar-refractivity contribution < 1.29 is 14.1 Å². The Kier molecular flexibility index (Phi) is 4.04. The molecule has 1 amide bonds. The van der Waals surface area contributed by atoms with Gasteiger partial charge in [-0.3, -0.25) is 4.79 Å². The van der Waals surface area contributed by atoms with Crippen molar-refractivity contribution in [3.8, 4) is 0 Å². The molecular formula is C18H27BN4O3. The van der Waals surface area contributed by atoms with E-state index in [1.807, 2.05) is 27.7 Å². The molecule has 1 aromatic heterocycles. The first-order valence-corrected chi connectivity index (χ1v) is 9.39. The lowest BCUT2D eigenvalue weighted by Crippen LogP contribution is -2.42. The Balaban J connectivity index is 1.41. The third-order valence-electron chi connectivity index (χ3n) is 6.49. The van der Waals surface area contributed by atoms with Gasteiger partial charge in [-0.1, -0.05) is 0 Å². The van der Waals surface area contributed by atoms with E-state index in [1.165, 1.54) is 0 Å². The van der Waals surface area contributed by atoms with Gasteiger partial charge >= 0.3 is 7.12 Å². The summed E-state index contributed by atoms with van der Waals surface area (Å²) in [4.78, 5) is 22.8. The van der Waals surface area contributed by atoms with E-state index in [0.29, 0.717) is 6.42 Å². The van der Waals surface area contributed by atoms with Crippen LogP contribution in [0.3, 0.4) is 0 Å². The number of hydrogen-bond acceptors (Lipinski definition) is 6. The molecule has 0 aromatic carbocycles. The van der Waals surface area contributed by atoms with Gasteiger partial charge in [0.2, 0.25) is 11.9 Å². The Labute approximate surface area is 155 Å². The number of nitrogens with zero attached hydrogens (tertiary/aromatic N) is 3. The predicted octanol–water partition coefficient (Wildman–Crippen LogP) is 0.882. The van der Waals surface area contributed by atoms with Crippen molar-refractivity contribution in [3.63, 3.8) is 0 Å². The van der Waals surface area contributed by atoms with Gasteiger partial charge in [-0.05, 0) is 46.0 Å². The number of aromatic nitrogens is 2. The average Bonchev–Trinajstić information content (AvgIpc) is 3.05. The van der Waals surface area contributed by atoms with Gasteiger partial charge in [-0.15, -0.1) is 0 Å². The van der Waals surface area contributed by atoms with Gasteiger partial charge in [0.25, 0.3) is 0 Å². The molecule has 3 saturated heterocycles. The van der Waals surface area contributed by atoms with Crippen LogP contribution in [0, 0.1) is 5.41 Å². The highest BCUT2D eigenvalue weighted by Gasteiger charge is 2.52. The molecule has 8 heteroatoms. The summed E-state index contributed by atoms with van der Waals surface area (Å²) >= 11 is 0. The Bertz CT molecular complexity index is 683. The maximum Gasteiger partial charge on any atom is 0.498 e. The van der Waals surface area contributed by atoms with Crippen molar-refractivity contribution in [1.29, 1.82) is 0 Å². The number of carbonyl (C=O) groups is 1. The van der Waals surface area contributed by atoms with Crippen molar-refractivity contribution in [2.75, 3.05) is 24.5 Å². The maximum atomic E-state index is 11.5. The summed E-state index contributed by atoms with van der Waals surface area (Å²) in [5, 5.41) is 2.97. The number of amides is 1. The largest absolute Gasteiger partial charge is 0.498 e. The van der Waals surface area contributed by atoms with Crippen molar-refractivity contribution in [2.24, 2.45) is 5.41 Å². The lowest BCUT2D eigenvalue weighted by Gasteiger charge is -2.38. The normalized spacial score (nSPS) is 26.4. The first kappa shape index (κ1) is 17.7. The van der Waals surface area contributed by atoms with Crippen LogP contribution in [0.2, 0.25) is 0 Å². The molecule has 0 bridgehead atoms. The van der Waals surface area contributed by atoms with Crippen molar-refractivity contribution >= 4 is 24.4 Å². The van der Waals surface area contributed by atoms with Crippen molar-refractivity contribution in [2.45, 2.75) is 58.2 Å². The van der Waals surface area contributed by atoms with E-state index < -0.39 is 7.12 Å². The molecule has 0 saturated carbocycles. The maximum absolute atomic E-state index is 11.5. The molecule has 7 nitrogen and oxygen atoms in total. The Morgan fingerprint density at radius 2 is 1.65 bits per heavy atom. The lowest BCUT2D eigenvalue weighted by molar-refractivity contribution is -0.119. The molecule has 0 radical (unpaired) electrons. The van der Waals surface area contributed by atoms with E-state index in [2.05, 4.69) is 20.2 Å². The number of hydrogen-bond donors (Lipinski definition) is 1. The van der Waals surface area contributed by atoms with Crippen LogP contribution in [0.1, 0.15) is 47.0 Å². The van der Waals surface area contributed by atoms with E-state index in [0.717, 1.165) is 43.9 Å². The van der Waals surface area contributed by atoms with Gasteiger partial charge in [0, 0.05) is 43.9 Å². The van der Waals surface area contributed by atoms with Crippen molar-refractivity contribution in [3.05, 3.63) is 12.4 Å². The SMILES string of the molecule is CC1(C)OB(c2cnc(N3CCC4(CC3)CNC(=O)C4)nc2)OC1(C)C. The molecule has 26 heavy (non-hydrogen) atoms. The van der Waals surface area contributed by atoms with Crippen LogP contribution < -0.4 is 15.7 Å². The summed E-state index contributed by atoms with van der Waals surface area (Å²) in [5.74, 6) is 0.916. The molecule has 3 aliphatic rings. The number of rotatable bonds is 2. The Morgan fingerprint density at radius 3 is 2.15 bits per heavy atom. The third kappa shape index (κ3) is 2.99. The van der Waals surface area contributed by atoms with Crippen LogP contribution >= 0.6 is 0 Å². The van der Waals surface area contributed by atoms with Crippen molar-refractivity contribution in [1.82, 2.24) is 15.3 Å². The second-order valence-corrected chi connectivity index (χ2v) is 8.85. The molecule has 4 heterocycles. The number of piperidine rings is 1. The Morgan fingerprint density at radius 1 is 1.08 bits per heavy atom. The molecule has 140 valence electrons. The fourth-order valence-corrected chi connectivity index (χ4v) is 3.88. The van der Waals surface area contributed by atoms with Gasteiger partial charge in [-0.25, -0.2) is 9.97 Å². The van der Waals surface area contributed by atoms with E-state index in [4.69, 9.17) is 9.31 Å². The highest BCUT2D eigenvalue weighted by Crippen LogP contribution is 2.38. The van der Waals surface area contributed by atoms with Crippen LogP contribution in [-0.2, 0) is 14.1 Å². The number of anilines is 1. The molecule has 1 N–H and O–H groups in total. The molecule has 3 aliphatic heterocycles. The molecule has 4 rings (SSSR count). The van der Waals surface area contributed by atoms with Crippen LogP contribution in [0.25, 0.3) is 0 Å². The van der Waals surface area contributed by atoms with Crippen LogP contribution in [0.4, 0.5) is 5.95 Å². The molecular weight excluding hydrogens is 331 g/mol. The van der Waals surface area contributed by atoms with E-state index in [1.54, 1.807) is 12.4 Å². The summed E-state index contributed by atoms with van der Waals surface area (Å²) in [6.45, 7) is 10.7. The highest BCUT2D eigenvalue weighted by atomic mass is 16.7. The quantitative estimate of drug-likeness (QED) is 0.791. The van der Waals surface area contributed by atoms with Gasteiger partial charge in [0.05, 0.1) is 11.2 Å². The molecule has 3 fully saturated rings. The Hall–Kier alpha value is -1.67. The van der Waals surface area contributed by atoms with Gasteiger partial charge < -0.3 is 19.5 Å². The molecule has 1 aromatic rings. The second-order valence-electron chi connectivity index (χ2n) is 8.85. The van der Waals surface area contributed by atoms with Gasteiger partial charge in [-0.2, -0.15) is 0 Å². The average molecular weight is 358 g/mol. The number of carbonyl (C=O) groups excluding carboxylic acids is 1. The molecule has 0 unspecified atom stereocenters. The minimum Gasteiger partial charge on any atom is -0.399 e. The molecule has 0 aliphatic carbocycles. The number of nitrogens with one attached hydrogen (secondary N) is 1. The van der Waals surface area contributed by atoms with Crippen LogP contribution in [0.15, 0.2) is 12.4 Å². The third-order valence-corrected chi connectivity index (χ3v) is 6.49. The monoisotopic (exact) mass is 358 g/mol. The first-order valence-electron chi connectivity index (χ1n) is 9.39. The highest BCUT2D eigenvalue weighted by molar-refractivity contribution is 6.61. The zero-order chi connectivity index (χ0) is 18.6. The summed E-state index contributed by atoms with van der Waals surface area (Å²) in [6, 6.07) is 0. The fraction of sp³-hybridized carbons (Fsp3) is 0.722. The van der Waals surface area contributed by atoms with E-state index >= 15 is 0 Å². The molecule has 0 atom stereocenters. The zero-order valence-electron chi connectivity index (χ0n) is 16.0. The lowest BCUT2D eigenvalue weighted by atomic mass is 9.78. The van der Waals surface area contributed by atoms with Crippen LogP contribution in [-0.4, -0.2) is 53.8 Å². The summed E-state index contributed by atoms with van der Waals surface area (Å²) < 4.78 is 12.1. The minimum atomic E-state index is -0.436. The summed E-state index contributed by atoms with van der Waals surface area (Å²) in [5.41, 5.74) is 0.233. The van der Waals surface area contributed by atoms with Gasteiger partial charge in [0.1, 0.15) is 0 Å². The predicted molar refractivity (Wildman–Crippen MR) is 99.3 cm³/mol. The van der Waals surface area contributed by atoms with Gasteiger partial charge in [0.15, 0.2) is 0 Å². The standard InChI is InChI=1S/C18H27BN4O3/c1-16(2)17(3,4)26-19(25-16)13-10-20-15(21-11-13)23-7-5-18(6-8-23)9-14(24)22-12-18/h10-11H,5-9,12H2,1-4H3,(H,22,24). The zero-order valence-corrected chi connectivity index (χ0v) is 16.0. The van der Waals surface area contributed by atoms with E-state index in [-0.39, 0.29) is 22.5 Å². The summed E-state index contributed by atoms with van der Waals surface area (Å²) in [7, 11) is -0.436. The fourth-order valence-electron chi connectivity index (χ4n) is 3.88. The first-order chi connectivity index (χ1) is 12.2. The topological polar surface area (TPSA) is 76.6 Å². The van der Waals surface area contributed by atoms with Crippen LogP contribution in [0.5, 0.6) is 0 Å². The summed E-state index contributed by atoms with van der Waals surface area (Å²) in [6.07, 6.45) is 6.25. The molecule has 1 spiro atoms. The second kappa shape index (κ2) is 5.92.